The summed E-state index contributed by atoms with van der Waals surface area (Å²) in [5.41, 5.74) is 8.01. The number of hydrogen-bond acceptors (Lipinski definition) is 3. The fourth-order valence-corrected chi connectivity index (χ4v) is 4.82. The predicted octanol–water partition coefficient (Wildman–Crippen LogP) is 5.55. The number of anilines is 2. The first-order valence-corrected chi connectivity index (χ1v) is 12.3. The van der Waals surface area contributed by atoms with Gasteiger partial charge in [0.1, 0.15) is 0 Å². The Morgan fingerprint density at radius 3 is 2.33 bits per heavy atom. The number of piperidine rings is 1. The van der Waals surface area contributed by atoms with Crippen LogP contribution in [0.25, 0.3) is 0 Å². The molecular weight excluding hydrogens is 336 g/mol. The zero-order chi connectivity index (χ0) is 18.1. The minimum Gasteiger partial charge on any atom is -0.414 e. The van der Waals surface area contributed by atoms with Crippen molar-refractivity contribution in [2.45, 2.75) is 64.8 Å². The van der Waals surface area contributed by atoms with Crippen LogP contribution in [0.1, 0.15) is 40.5 Å². The molecule has 1 aromatic carbocycles. The van der Waals surface area contributed by atoms with Gasteiger partial charge in [0.2, 0.25) is 0 Å². The Bertz CT molecular complexity index is 563. The average molecular weight is 369 g/mol. The molecule has 1 aromatic rings. The molecule has 3 nitrogen and oxygen atoms in total. The third-order valence-corrected chi connectivity index (χ3v) is 10.6. The lowest BCUT2D eigenvalue weighted by Gasteiger charge is -2.42. The minimum absolute atomic E-state index is 0.264. The molecule has 0 amide bonds. The van der Waals surface area contributed by atoms with Crippen LogP contribution in [-0.4, -0.2) is 27.5 Å². The molecule has 1 atom stereocenters. The zero-order valence-electron chi connectivity index (χ0n) is 16.0. The fourth-order valence-electron chi connectivity index (χ4n) is 3.16. The van der Waals surface area contributed by atoms with E-state index in [1.54, 1.807) is 0 Å². The van der Waals surface area contributed by atoms with E-state index >= 15 is 0 Å². The molecular formula is C19H33ClN2OSi. The highest BCUT2D eigenvalue weighted by Crippen LogP contribution is 2.39. The summed E-state index contributed by atoms with van der Waals surface area (Å²) in [6.07, 6.45) is 2.63. The minimum atomic E-state index is -1.70. The maximum absolute atomic E-state index is 6.60. The van der Waals surface area contributed by atoms with E-state index < -0.39 is 8.32 Å². The Kier molecular flexibility index (Phi) is 5.93. The monoisotopic (exact) mass is 368 g/mol. The molecule has 0 radical (unpaired) electrons. The number of hydrogen-bond donors (Lipinski definition) is 1. The van der Waals surface area contributed by atoms with Crippen LogP contribution in [0.15, 0.2) is 18.2 Å². The predicted molar refractivity (Wildman–Crippen MR) is 109 cm³/mol. The van der Waals surface area contributed by atoms with Gasteiger partial charge in [-0.05, 0) is 62.0 Å². The van der Waals surface area contributed by atoms with Crippen LogP contribution in [0.5, 0.6) is 0 Å². The molecule has 0 saturated carbocycles. The van der Waals surface area contributed by atoms with Gasteiger partial charge in [-0.25, -0.2) is 0 Å². The molecule has 1 fully saturated rings. The van der Waals surface area contributed by atoms with Gasteiger partial charge < -0.3 is 15.1 Å². The number of halogens is 1. The third kappa shape index (κ3) is 4.47. The fraction of sp³-hybridized carbons (Fsp3) is 0.684. The van der Waals surface area contributed by atoms with Crippen molar-refractivity contribution in [2.24, 2.45) is 5.92 Å². The normalized spacial score (nSPS) is 18.7. The first-order valence-electron chi connectivity index (χ1n) is 8.99. The van der Waals surface area contributed by atoms with Crippen LogP contribution < -0.4 is 10.6 Å². The Hall–Kier alpha value is -0.713. The standard InChI is InChI=1S/C19H33ClN2OSi/c1-14(23-24(5,6)19(2,3)4)15-9-11-22(12-10-15)18-8-7-16(20)13-17(18)21/h7-8,13-15H,9-12,21H2,1-6H3/t14-/m1/s1. The quantitative estimate of drug-likeness (QED) is 0.559. The SMILES string of the molecule is C[C@@H](O[Si](C)(C)C(C)(C)C)C1CCN(c2ccc(Cl)cc2N)CC1. The van der Waals surface area contributed by atoms with E-state index in [0.717, 1.165) is 37.3 Å². The summed E-state index contributed by atoms with van der Waals surface area (Å²) >= 11 is 6.01. The molecule has 0 bridgehead atoms. The van der Waals surface area contributed by atoms with Crippen LogP contribution in [0.4, 0.5) is 11.4 Å². The van der Waals surface area contributed by atoms with Crippen molar-refractivity contribution in [2.75, 3.05) is 23.7 Å². The van der Waals surface area contributed by atoms with Crippen LogP contribution in [0.3, 0.4) is 0 Å². The molecule has 24 heavy (non-hydrogen) atoms. The summed E-state index contributed by atoms with van der Waals surface area (Å²) in [4.78, 5) is 2.38. The highest BCUT2D eigenvalue weighted by molar-refractivity contribution is 6.74. The average Bonchev–Trinajstić information content (AvgIpc) is 2.46. The van der Waals surface area contributed by atoms with Crippen molar-refractivity contribution in [3.8, 4) is 0 Å². The van der Waals surface area contributed by atoms with Crippen molar-refractivity contribution >= 4 is 31.3 Å². The maximum Gasteiger partial charge on any atom is 0.192 e. The van der Waals surface area contributed by atoms with E-state index in [2.05, 4.69) is 45.7 Å². The second-order valence-electron chi connectivity index (χ2n) is 8.61. The van der Waals surface area contributed by atoms with E-state index in [1.807, 2.05) is 18.2 Å². The van der Waals surface area contributed by atoms with E-state index in [4.69, 9.17) is 21.8 Å². The second-order valence-corrected chi connectivity index (χ2v) is 13.8. The molecule has 0 unspecified atom stereocenters. The van der Waals surface area contributed by atoms with Crippen LogP contribution in [-0.2, 0) is 4.43 Å². The van der Waals surface area contributed by atoms with E-state index in [9.17, 15) is 0 Å². The second kappa shape index (κ2) is 7.26. The first-order chi connectivity index (χ1) is 11.0. The summed E-state index contributed by atoms with van der Waals surface area (Å²) in [6.45, 7) is 15.9. The summed E-state index contributed by atoms with van der Waals surface area (Å²) in [5.74, 6) is 0.629. The van der Waals surface area contributed by atoms with Crippen molar-refractivity contribution in [3.63, 3.8) is 0 Å². The lowest BCUT2D eigenvalue weighted by atomic mass is 9.92. The number of nitrogen functional groups attached to an aromatic ring is 1. The summed E-state index contributed by atoms with van der Waals surface area (Å²) in [6, 6.07) is 5.79. The highest BCUT2D eigenvalue weighted by Gasteiger charge is 2.40. The Morgan fingerprint density at radius 1 is 1.25 bits per heavy atom. The Balaban J connectivity index is 1.95. The van der Waals surface area contributed by atoms with Gasteiger partial charge >= 0.3 is 0 Å². The smallest absolute Gasteiger partial charge is 0.192 e. The van der Waals surface area contributed by atoms with Gasteiger partial charge in [0.15, 0.2) is 8.32 Å². The van der Waals surface area contributed by atoms with Crippen molar-refractivity contribution in [3.05, 3.63) is 23.2 Å². The molecule has 1 aliphatic heterocycles. The van der Waals surface area contributed by atoms with Crippen LogP contribution in [0.2, 0.25) is 23.2 Å². The molecule has 0 aromatic heterocycles. The van der Waals surface area contributed by atoms with E-state index in [0.29, 0.717) is 17.0 Å². The molecule has 5 heteroatoms. The largest absolute Gasteiger partial charge is 0.414 e. The molecule has 1 heterocycles. The number of nitrogens with two attached hydrogens (primary N) is 1. The van der Waals surface area contributed by atoms with Crippen molar-refractivity contribution in [1.29, 1.82) is 0 Å². The van der Waals surface area contributed by atoms with Gasteiger partial charge in [-0.3, -0.25) is 0 Å². The molecule has 0 spiro atoms. The van der Waals surface area contributed by atoms with Crippen molar-refractivity contribution in [1.82, 2.24) is 0 Å². The topological polar surface area (TPSA) is 38.5 Å². The van der Waals surface area contributed by atoms with E-state index in [-0.39, 0.29) is 5.04 Å². The molecule has 2 rings (SSSR count). The first kappa shape index (κ1) is 19.6. The van der Waals surface area contributed by atoms with E-state index in [1.165, 1.54) is 0 Å². The molecule has 0 aliphatic carbocycles. The molecule has 2 N–H and O–H groups in total. The zero-order valence-corrected chi connectivity index (χ0v) is 17.8. The van der Waals surface area contributed by atoms with Crippen LogP contribution >= 0.6 is 11.6 Å². The van der Waals surface area contributed by atoms with Gasteiger partial charge in [-0.15, -0.1) is 0 Å². The van der Waals surface area contributed by atoms with Crippen molar-refractivity contribution < 1.29 is 4.43 Å². The Labute approximate surface area is 153 Å². The molecule has 1 saturated heterocycles. The number of nitrogens with zero attached hydrogens (tertiary/aromatic N) is 1. The maximum atomic E-state index is 6.60. The lowest BCUT2D eigenvalue weighted by Crippen LogP contribution is -2.46. The van der Waals surface area contributed by atoms with Gasteiger partial charge in [0, 0.05) is 24.2 Å². The third-order valence-electron chi connectivity index (χ3n) is 5.82. The summed E-state index contributed by atoms with van der Waals surface area (Å²) in [7, 11) is -1.70. The number of benzene rings is 1. The van der Waals surface area contributed by atoms with Gasteiger partial charge in [-0.2, -0.15) is 0 Å². The molecule has 136 valence electrons. The lowest BCUT2D eigenvalue weighted by molar-refractivity contribution is 0.118. The van der Waals surface area contributed by atoms with Crippen LogP contribution in [0, 0.1) is 5.92 Å². The molecule has 1 aliphatic rings. The van der Waals surface area contributed by atoms with Gasteiger partial charge in [0.05, 0.1) is 11.4 Å². The number of rotatable bonds is 4. The summed E-state index contributed by atoms with van der Waals surface area (Å²) in [5, 5.41) is 0.960. The highest BCUT2D eigenvalue weighted by atomic mass is 35.5. The Morgan fingerprint density at radius 2 is 1.83 bits per heavy atom. The summed E-state index contributed by atoms with van der Waals surface area (Å²) < 4.78 is 6.60. The van der Waals surface area contributed by atoms with Gasteiger partial charge in [0.25, 0.3) is 0 Å². The van der Waals surface area contributed by atoms with Gasteiger partial charge in [-0.1, -0.05) is 32.4 Å².